The normalized spacial score (nSPS) is 21.2. The highest BCUT2D eigenvalue weighted by Gasteiger charge is 2.25. The van der Waals surface area contributed by atoms with E-state index in [1.165, 1.54) is 35.3 Å². The summed E-state index contributed by atoms with van der Waals surface area (Å²) in [6, 6.07) is 9.98. The molecule has 3 rings (SSSR count). The van der Waals surface area contributed by atoms with Gasteiger partial charge in [0.25, 0.3) is 0 Å². The Balaban J connectivity index is 1.92. The van der Waals surface area contributed by atoms with E-state index in [9.17, 15) is 4.79 Å². The molecule has 2 aliphatic rings. The molecule has 2 heterocycles. The van der Waals surface area contributed by atoms with Gasteiger partial charge in [-0.3, -0.25) is 9.69 Å². The molecular weight excluding hydrogens is 262 g/mol. The van der Waals surface area contributed by atoms with Crippen LogP contribution in [0, 0.1) is 0 Å². The Labute approximate surface area is 115 Å². The van der Waals surface area contributed by atoms with E-state index in [0.29, 0.717) is 0 Å². The average Bonchev–Trinajstić information content (AvgIpc) is 2.83. The number of carbonyl (C=O) groups excluding carboxylic acids is 1. The van der Waals surface area contributed by atoms with E-state index < -0.39 is 0 Å². The molecule has 1 aromatic rings. The number of thioether (sulfide) groups is 1. The minimum atomic E-state index is 0.201. The lowest BCUT2D eigenvalue weighted by Gasteiger charge is -2.25. The zero-order chi connectivity index (χ0) is 12.4. The zero-order valence-electron chi connectivity index (χ0n) is 10.1. The molecule has 1 saturated heterocycles. The van der Waals surface area contributed by atoms with E-state index in [1.54, 1.807) is 10.9 Å². The van der Waals surface area contributed by atoms with Crippen LogP contribution in [0.15, 0.2) is 30.3 Å². The summed E-state index contributed by atoms with van der Waals surface area (Å²) < 4.78 is 1.18. The van der Waals surface area contributed by atoms with Gasteiger partial charge in [0.15, 0.2) is 0 Å². The second-order valence-corrected chi connectivity index (χ2v) is 6.72. The zero-order valence-corrected chi connectivity index (χ0v) is 11.7. The van der Waals surface area contributed by atoms with Crippen molar-refractivity contribution in [2.75, 3.05) is 13.1 Å². The van der Waals surface area contributed by atoms with Gasteiger partial charge in [-0.05, 0) is 30.2 Å². The van der Waals surface area contributed by atoms with E-state index in [-0.39, 0.29) is 5.12 Å². The van der Waals surface area contributed by atoms with Crippen molar-refractivity contribution in [1.29, 1.82) is 0 Å². The highest BCUT2D eigenvalue weighted by molar-refractivity contribution is 8.41. The molecule has 0 saturated carbocycles. The third kappa shape index (κ3) is 2.46. The van der Waals surface area contributed by atoms with Crippen molar-refractivity contribution < 1.29 is 4.79 Å². The van der Waals surface area contributed by atoms with Crippen LogP contribution in [-0.4, -0.2) is 32.3 Å². The molecule has 0 aromatic heterocycles. The maximum Gasteiger partial charge on any atom is 0.236 e. The lowest BCUT2D eigenvalue weighted by Crippen LogP contribution is -2.32. The highest BCUT2D eigenvalue weighted by Crippen LogP contribution is 2.25. The number of likely N-dealkylation sites (tertiary alicyclic amines) is 1. The predicted molar refractivity (Wildman–Crippen MR) is 81.2 cm³/mol. The van der Waals surface area contributed by atoms with Gasteiger partial charge >= 0.3 is 0 Å². The Morgan fingerprint density at radius 3 is 2.44 bits per heavy atom. The predicted octanol–water partition coefficient (Wildman–Crippen LogP) is 2.79. The molecule has 2 nitrogen and oxygen atoms in total. The number of rotatable bonds is 1. The highest BCUT2D eigenvalue weighted by atomic mass is 32.2. The third-order valence-corrected chi connectivity index (χ3v) is 5.71. The molecule has 2 aliphatic heterocycles. The van der Waals surface area contributed by atoms with Gasteiger partial charge in [0.05, 0.1) is 4.86 Å². The molecule has 0 spiro atoms. The van der Waals surface area contributed by atoms with Crippen molar-refractivity contribution in [2.45, 2.75) is 19.3 Å². The minimum Gasteiger partial charge on any atom is -0.280 e. The molecule has 0 N–H and O–H groups in total. The molecule has 4 heteroatoms. The van der Waals surface area contributed by atoms with Gasteiger partial charge in [-0.1, -0.05) is 36.8 Å². The Morgan fingerprint density at radius 1 is 1.00 bits per heavy atom. The van der Waals surface area contributed by atoms with Crippen LogP contribution >= 0.6 is 22.7 Å². The Kier molecular flexibility index (Phi) is 3.68. The molecule has 0 radical (unpaired) electrons. The van der Waals surface area contributed by atoms with Crippen molar-refractivity contribution in [2.24, 2.45) is 0 Å². The molecule has 18 heavy (non-hydrogen) atoms. The van der Waals surface area contributed by atoms with Crippen LogP contribution in [0.5, 0.6) is 0 Å². The van der Waals surface area contributed by atoms with E-state index in [0.717, 1.165) is 23.5 Å². The van der Waals surface area contributed by atoms with Gasteiger partial charge < -0.3 is 0 Å². The van der Waals surface area contributed by atoms with Crippen LogP contribution in [0.4, 0.5) is 0 Å². The van der Waals surface area contributed by atoms with Crippen molar-refractivity contribution in [3.8, 4) is 0 Å². The quantitative estimate of drug-likeness (QED) is 0.736. The summed E-state index contributed by atoms with van der Waals surface area (Å²) in [5.41, 5.74) is 1.05. The Morgan fingerprint density at radius 2 is 1.72 bits per heavy atom. The summed E-state index contributed by atoms with van der Waals surface area (Å²) >= 11 is 1.40. The fourth-order valence-corrected chi connectivity index (χ4v) is 4.65. The Hall–Kier alpha value is -0.840. The number of carbonyl (C=O) groups is 1. The Bertz CT molecular complexity index is 526. The number of piperidine rings is 1. The number of benzene rings is 1. The van der Waals surface area contributed by atoms with Gasteiger partial charge in [-0.2, -0.15) is 0 Å². The molecule has 0 bridgehead atoms. The van der Waals surface area contributed by atoms with Gasteiger partial charge in [-0.25, -0.2) is 0 Å². The molecule has 0 atom stereocenters. The molecule has 94 valence electrons. The minimum absolute atomic E-state index is 0.201. The maximum absolute atomic E-state index is 12.1. The summed E-state index contributed by atoms with van der Waals surface area (Å²) in [5, 5.41) is 0.201. The molecule has 1 aromatic carbocycles. The van der Waals surface area contributed by atoms with Gasteiger partial charge in [0.2, 0.25) is 5.12 Å². The largest absolute Gasteiger partial charge is 0.280 e. The first-order valence-electron chi connectivity index (χ1n) is 6.29. The molecular formula is C14H15NOS2. The topological polar surface area (TPSA) is 20.3 Å². The average molecular weight is 277 g/mol. The fraction of sp³-hybridized carbons (Fsp3) is 0.357. The van der Waals surface area contributed by atoms with Gasteiger partial charge in [0, 0.05) is 13.1 Å². The summed E-state index contributed by atoms with van der Waals surface area (Å²) in [5.74, 6) is 0. The van der Waals surface area contributed by atoms with Crippen LogP contribution in [0.2, 0.25) is 0 Å². The summed E-state index contributed by atoms with van der Waals surface area (Å²) in [6.45, 7) is 2.20. The van der Waals surface area contributed by atoms with Crippen molar-refractivity contribution in [1.82, 2.24) is 4.90 Å². The SMILES string of the molecule is O=C1SC(N2CCCCC2)=S=C1c1ccccc1. The van der Waals surface area contributed by atoms with Gasteiger partial charge in [-0.15, -0.1) is 10.9 Å². The molecule has 0 unspecified atom stereocenters. The fourth-order valence-electron chi connectivity index (χ4n) is 2.25. The lowest BCUT2D eigenvalue weighted by molar-refractivity contribution is -0.105. The first kappa shape index (κ1) is 12.2. The van der Waals surface area contributed by atoms with Crippen molar-refractivity contribution in [3.63, 3.8) is 0 Å². The van der Waals surface area contributed by atoms with E-state index in [1.807, 2.05) is 30.3 Å². The molecule has 0 aliphatic carbocycles. The van der Waals surface area contributed by atoms with Gasteiger partial charge in [0.1, 0.15) is 4.32 Å². The van der Waals surface area contributed by atoms with E-state index >= 15 is 0 Å². The second-order valence-electron chi connectivity index (χ2n) is 4.50. The van der Waals surface area contributed by atoms with E-state index in [4.69, 9.17) is 0 Å². The number of nitrogens with zero attached hydrogens (tertiary/aromatic N) is 1. The van der Waals surface area contributed by atoms with Crippen LogP contribution in [-0.2, 0) is 4.79 Å². The summed E-state index contributed by atoms with van der Waals surface area (Å²) in [6.07, 6.45) is 3.82. The summed E-state index contributed by atoms with van der Waals surface area (Å²) in [7, 11) is 1.65. The lowest BCUT2D eigenvalue weighted by atomic mass is 10.1. The van der Waals surface area contributed by atoms with Crippen molar-refractivity contribution in [3.05, 3.63) is 35.9 Å². The van der Waals surface area contributed by atoms with Crippen molar-refractivity contribution >= 4 is 37.0 Å². The summed E-state index contributed by atoms with van der Waals surface area (Å²) in [4.78, 5) is 15.3. The third-order valence-electron chi connectivity index (χ3n) is 3.21. The number of hydrogen-bond donors (Lipinski definition) is 0. The van der Waals surface area contributed by atoms with Crippen LogP contribution in [0.3, 0.4) is 0 Å². The standard InChI is InChI=1S/C14H15NOS2/c16-13-12(11-7-3-1-4-8-11)17-14(18-13)15-9-5-2-6-10-15/h1,3-4,7-8H,2,5-6,9-10H2. The van der Waals surface area contributed by atoms with E-state index in [2.05, 4.69) is 4.90 Å². The second kappa shape index (κ2) is 5.43. The molecule has 0 amide bonds. The first-order valence-corrected chi connectivity index (χ1v) is 7.92. The smallest absolute Gasteiger partial charge is 0.236 e. The van der Waals surface area contributed by atoms with Crippen LogP contribution < -0.4 is 0 Å². The number of hydrogen-bond acceptors (Lipinski definition) is 3. The maximum atomic E-state index is 12.1. The first-order chi connectivity index (χ1) is 8.84. The van der Waals surface area contributed by atoms with Crippen LogP contribution in [0.25, 0.3) is 0 Å². The van der Waals surface area contributed by atoms with Crippen LogP contribution in [0.1, 0.15) is 24.8 Å². The molecule has 1 fully saturated rings. The monoisotopic (exact) mass is 277 g/mol.